The summed E-state index contributed by atoms with van der Waals surface area (Å²) < 4.78 is 69.8. The van der Waals surface area contributed by atoms with Crippen LogP contribution >= 0.6 is 0 Å². The van der Waals surface area contributed by atoms with Gasteiger partial charge in [0.1, 0.15) is 18.1 Å². The standard InChI is InChI=1S/C17H15F5N6O/c18-14-2-1-10(3-13(14)15(19)20)24-4-11(27-23)7-29-16-25-5-12(6-26-16)28-8-17(21,22)9-28/h1-6,15H,7-9,23H2. The number of hydrazone groups is 1. The lowest BCUT2D eigenvalue weighted by molar-refractivity contribution is -0.0263. The van der Waals surface area contributed by atoms with E-state index in [4.69, 9.17) is 10.6 Å². The molecule has 1 aliphatic heterocycles. The minimum atomic E-state index is -2.97. The normalized spacial score (nSPS) is 16.3. The van der Waals surface area contributed by atoms with E-state index in [1.165, 1.54) is 29.6 Å². The molecule has 0 aliphatic carbocycles. The van der Waals surface area contributed by atoms with Crippen LogP contribution in [0, 0.1) is 5.82 Å². The Kier molecular flexibility index (Phi) is 5.89. The first-order valence-corrected chi connectivity index (χ1v) is 8.23. The van der Waals surface area contributed by atoms with Crippen molar-refractivity contribution in [2.75, 3.05) is 24.6 Å². The lowest BCUT2D eigenvalue weighted by atomic mass is 10.1. The van der Waals surface area contributed by atoms with Gasteiger partial charge in [0.25, 0.3) is 12.3 Å². The zero-order valence-corrected chi connectivity index (χ0v) is 14.8. The number of rotatable bonds is 7. The fourth-order valence-corrected chi connectivity index (χ4v) is 2.42. The molecule has 1 saturated heterocycles. The third-order valence-corrected chi connectivity index (χ3v) is 3.92. The molecule has 1 fully saturated rings. The van der Waals surface area contributed by atoms with E-state index in [0.717, 1.165) is 12.1 Å². The maximum absolute atomic E-state index is 13.3. The molecule has 3 rings (SSSR count). The van der Waals surface area contributed by atoms with Crippen LogP contribution in [-0.4, -0.2) is 47.5 Å². The Labute approximate surface area is 161 Å². The van der Waals surface area contributed by atoms with Crippen LogP contribution < -0.4 is 15.5 Å². The van der Waals surface area contributed by atoms with Gasteiger partial charge in [-0.3, -0.25) is 4.99 Å². The van der Waals surface area contributed by atoms with E-state index in [0.29, 0.717) is 5.69 Å². The van der Waals surface area contributed by atoms with Crippen LogP contribution in [0.4, 0.5) is 33.3 Å². The first kappa shape index (κ1) is 20.4. The van der Waals surface area contributed by atoms with Crippen molar-refractivity contribution >= 4 is 23.3 Å². The second-order valence-electron chi connectivity index (χ2n) is 6.11. The molecular weight excluding hydrogens is 399 g/mol. The van der Waals surface area contributed by atoms with E-state index in [1.54, 1.807) is 0 Å². The van der Waals surface area contributed by atoms with Gasteiger partial charge in [-0.1, -0.05) is 0 Å². The van der Waals surface area contributed by atoms with Crippen LogP contribution in [0.25, 0.3) is 0 Å². The fourth-order valence-electron chi connectivity index (χ4n) is 2.42. The third-order valence-electron chi connectivity index (χ3n) is 3.92. The highest BCUT2D eigenvalue weighted by Crippen LogP contribution is 2.31. The summed E-state index contributed by atoms with van der Waals surface area (Å²) in [6.45, 7) is -0.981. The Morgan fingerprint density at radius 3 is 2.55 bits per heavy atom. The molecule has 0 amide bonds. The highest BCUT2D eigenvalue weighted by Gasteiger charge is 2.44. The van der Waals surface area contributed by atoms with Crippen LogP contribution in [0.5, 0.6) is 6.01 Å². The zero-order valence-electron chi connectivity index (χ0n) is 14.8. The molecule has 2 N–H and O–H groups in total. The molecule has 1 aromatic heterocycles. The summed E-state index contributed by atoms with van der Waals surface area (Å²) in [5.41, 5.74) is -0.128. The highest BCUT2D eigenvalue weighted by molar-refractivity contribution is 6.31. The molecule has 0 radical (unpaired) electrons. The smallest absolute Gasteiger partial charge is 0.316 e. The van der Waals surface area contributed by atoms with Crippen LogP contribution in [0.1, 0.15) is 12.0 Å². The highest BCUT2D eigenvalue weighted by atomic mass is 19.3. The summed E-state index contributed by atoms with van der Waals surface area (Å²) in [6, 6.07) is 2.96. The summed E-state index contributed by atoms with van der Waals surface area (Å²) in [4.78, 5) is 13.1. The lowest BCUT2D eigenvalue weighted by Crippen LogP contribution is -2.56. The van der Waals surface area contributed by atoms with Crippen molar-refractivity contribution in [3.63, 3.8) is 0 Å². The number of aliphatic imine (C=N–C) groups is 1. The summed E-state index contributed by atoms with van der Waals surface area (Å²) in [7, 11) is 0. The first-order chi connectivity index (χ1) is 13.8. The van der Waals surface area contributed by atoms with Gasteiger partial charge in [-0.25, -0.2) is 31.9 Å². The first-order valence-electron chi connectivity index (χ1n) is 8.23. The van der Waals surface area contributed by atoms with E-state index in [9.17, 15) is 22.0 Å². The molecule has 29 heavy (non-hydrogen) atoms. The molecule has 2 aromatic rings. The minimum absolute atomic E-state index is 0.0441. The van der Waals surface area contributed by atoms with Gasteiger partial charge in [0.15, 0.2) is 0 Å². The van der Waals surface area contributed by atoms with Crippen molar-refractivity contribution in [3.05, 3.63) is 42.0 Å². The Hall–Kier alpha value is -3.31. The summed E-state index contributed by atoms with van der Waals surface area (Å²) in [5, 5.41) is 3.45. The number of nitrogens with two attached hydrogens (primary N) is 1. The molecule has 0 atom stereocenters. The van der Waals surface area contributed by atoms with Crippen molar-refractivity contribution in [3.8, 4) is 6.01 Å². The molecule has 0 saturated carbocycles. The second kappa shape index (κ2) is 8.37. The Bertz CT molecular complexity index is 911. The van der Waals surface area contributed by atoms with Crippen LogP contribution in [-0.2, 0) is 0 Å². The van der Waals surface area contributed by atoms with Crippen molar-refractivity contribution in [1.29, 1.82) is 0 Å². The Morgan fingerprint density at radius 1 is 1.28 bits per heavy atom. The zero-order chi connectivity index (χ0) is 21.0. The number of anilines is 1. The summed E-state index contributed by atoms with van der Waals surface area (Å²) >= 11 is 0. The number of alkyl halides is 4. The van der Waals surface area contributed by atoms with Crippen molar-refractivity contribution in [2.45, 2.75) is 12.3 Å². The number of benzene rings is 1. The number of ether oxygens (including phenoxy) is 1. The maximum Gasteiger partial charge on any atom is 0.316 e. The van der Waals surface area contributed by atoms with Gasteiger partial charge in [0.2, 0.25) is 0 Å². The van der Waals surface area contributed by atoms with E-state index < -0.39 is 36.8 Å². The molecule has 2 heterocycles. The molecule has 1 aromatic carbocycles. The molecule has 12 heteroatoms. The molecular formula is C17H15F5N6O. The van der Waals surface area contributed by atoms with Crippen molar-refractivity contribution < 1.29 is 26.7 Å². The van der Waals surface area contributed by atoms with E-state index in [-0.39, 0.29) is 24.0 Å². The van der Waals surface area contributed by atoms with Gasteiger partial charge in [-0.2, -0.15) is 5.10 Å². The monoisotopic (exact) mass is 414 g/mol. The van der Waals surface area contributed by atoms with Crippen molar-refractivity contribution in [1.82, 2.24) is 9.97 Å². The third kappa shape index (κ3) is 5.15. The van der Waals surface area contributed by atoms with E-state index in [1.807, 2.05) is 0 Å². The van der Waals surface area contributed by atoms with Crippen LogP contribution in [0.15, 0.2) is 40.7 Å². The fraction of sp³-hybridized carbons (Fsp3) is 0.294. The number of hydrogen-bond donors (Lipinski definition) is 1. The SMILES string of the molecule is NN=C(C=Nc1ccc(F)c(C(F)F)c1)COc1ncc(N2CC(F)(F)C2)cn1. The summed E-state index contributed by atoms with van der Waals surface area (Å²) in [6.07, 6.45) is 0.877. The predicted octanol–water partition coefficient (Wildman–Crippen LogP) is 3.10. The number of halogens is 5. The Morgan fingerprint density at radius 2 is 1.97 bits per heavy atom. The number of aromatic nitrogens is 2. The second-order valence-corrected chi connectivity index (χ2v) is 6.11. The molecule has 0 unspecified atom stereocenters. The number of nitrogens with zero attached hydrogens (tertiary/aromatic N) is 5. The number of hydrogen-bond acceptors (Lipinski definition) is 7. The van der Waals surface area contributed by atoms with Gasteiger partial charge in [0, 0.05) is 0 Å². The van der Waals surface area contributed by atoms with E-state index >= 15 is 0 Å². The van der Waals surface area contributed by atoms with Gasteiger partial charge < -0.3 is 15.5 Å². The topological polar surface area (TPSA) is 89.0 Å². The average molecular weight is 414 g/mol. The maximum atomic E-state index is 13.3. The quantitative estimate of drug-likeness (QED) is 0.326. The van der Waals surface area contributed by atoms with Crippen LogP contribution in [0.2, 0.25) is 0 Å². The van der Waals surface area contributed by atoms with Crippen molar-refractivity contribution in [2.24, 2.45) is 15.9 Å². The van der Waals surface area contributed by atoms with Crippen LogP contribution in [0.3, 0.4) is 0 Å². The molecule has 1 aliphatic rings. The molecule has 0 bridgehead atoms. The Balaban J connectivity index is 1.57. The molecule has 154 valence electrons. The van der Waals surface area contributed by atoms with Gasteiger partial charge in [0.05, 0.1) is 48.6 Å². The van der Waals surface area contributed by atoms with Gasteiger partial charge in [-0.05, 0) is 18.2 Å². The summed E-state index contributed by atoms with van der Waals surface area (Å²) in [5.74, 6) is 1.50. The minimum Gasteiger partial charge on any atom is -0.457 e. The average Bonchev–Trinajstić information content (AvgIpc) is 2.67. The lowest BCUT2D eigenvalue weighted by Gasteiger charge is -2.39. The van der Waals surface area contributed by atoms with Gasteiger partial charge in [-0.15, -0.1) is 0 Å². The predicted molar refractivity (Wildman–Crippen MR) is 95.8 cm³/mol. The largest absolute Gasteiger partial charge is 0.457 e. The van der Waals surface area contributed by atoms with Gasteiger partial charge >= 0.3 is 6.01 Å². The molecule has 7 nitrogen and oxygen atoms in total. The molecule has 0 spiro atoms. The van der Waals surface area contributed by atoms with E-state index in [2.05, 4.69) is 20.1 Å².